The minimum atomic E-state index is -4.48. The van der Waals surface area contributed by atoms with Crippen LogP contribution in [-0.2, 0) is 6.18 Å². The standard InChI is InChI=1S/C19H22F3N3O3/c1-28-16-9-13(19(20,21)22)8-15(10-16)24-14-2-5-23-17(11-14)25-6-3-18(27,12-26)4-7-25/h2,5,8-11,26-27H,3-4,6-7,12H2,1H3,(H,23,24). The maximum Gasteiger partial charge on any atom is 0.416 e. The first kappa shape index (κ1) is 20.2. The van der Waals surface area contributed by atoms with Crippen LogP contribution in [0.5, 0.6) is 5.75 Å². The van der Waals surface area contributed by atoms with Crippen LogP contribution in [0.4, 0.5) is 30.4 Å². The first-order chi connectivity index (χ1) is 13.2. The molecule has 0 atom stereocenters. The van der Waals surface area contributed by atoms with E-state index in [1.165, 1.54) is 13.2 Å². The van der Waals surface area contributed by atoms with Crippen molar-refractivity contribution in [2.45, 2.75) is 24.6 Å². The Morgan fingerprint density at radius 2 is 1.89 bits per heavy atom. The molecule has 2 heterocycles. The molecule has 1 aromatic carbocycles. The fourth-order valence-corrected chi connectivity index (χ4v) is 3.10. The van der Waals surface area contributed by atoms with Gasteiger partial charge in [0.2, 0.25) is 0 Å². The highest BCUT2D eigenvalue weighted by molar-refractivity contribution is 5.65. The smallest absolute Gasteiger partial charge is 0.416 e. The topological polar surface area (TPSA) is 77.9 Å². The number of pyridine rings is 1. The van der Waals surface area contributed by atoms with Crippen LogP contribution in [0.2, 0.25) is 0 Å². The number of aliphatic hydroxyl groups excluding tert-OH is 1. The third kappa shape index (κ3) is 4.66. The van der Waals surface area contributed by atoms with Gasteiger partial charge >= 0.3 is 6.18 Å². The van der Waals surface area contributed by atoms with Gasteiger partial charge in [0.15, 0.2) is 0 Å². The molecular formula is C19H22F3N3O3. The average Bonchev–Trinajstić information content (AvgIpc) is 2.68. The van der Waals surface area contributed by atoms with Gasteiger partial charge in [-0.3, -0.25) is 0 Å². The van der Waals surface area contributed by atoms with E-state index in [9.17, 15) is 23.4 Å². The molecule has 3 N–H and O–H groups in total. The molecule has 28 heavy (non-hydrogen) atoms. The van der Waals surface area contributed by atoms with Gasteiger partial charge in [0.25, 0.3) is 0 Å². The molecule has 0 bridgehead atoms. The van der Waals surface area contributed by atoms with Crippen molar-refractivity contribution in [1.82, 2.24) is 4.98 Å². The SMILES string of the molecule is COc1cc(Nc2ccnc(N3CCC(O)(CO)CC3)c2)cc(C(F)(F)F)c1. The Bertz CT molecular complexity index is 822. The Kier molecular flexibility index (Phi) is 5.66. The maximum atomic E-state index is 13.1. The van der Waals surface area contributed by atoms with E-state index in [0.717, 1.165) is 12.1 Å². The second-order valence-corrected chi connectivity index (χ2v) is 6.85. The summed E-state index contributed by atoms with van der Waals surface area (Å²) >= 11 is 0. The molecule has 1 saturated heterocycles. The molecule has 1 aliphatic rings. The van der Waals surface area contributed by atoms with Gasteiger partial charge in [-0.25, -0.2) is 4.98 Å². The highest BCUT2D eigenvalue weighted by Crippen LogP contribution is 2.35. The Labute approximate surface area is 160 Å². The van der Waals surface area contributed by atoms with Gasteiger partial charge in [-0.1, -0.05) is 0 Å². The molecule has 0 unspecified atom stereocenters. The van der Waals surface area contributed by atoms with Crippen LogP contribution < -0.4 is 15.0 Å². The Morgan fingerprint density at radius 3 is 2.50 bits per heavy atom. The molecule has 3 rings (SSSR count). The number of anilines is 3. The number of aromatic nitrogens is 1. The fraction of sp³-hybridized carbons (Fsp3) is 0.421. The molecule has 1 fully saturated rings. The van der Waals surface area contributed by atoms with Gasteiger partial charge in [0.1, 0.15) is 11.6 Å². The fourth-order valence-electron chi connectivity index (χ4n) is 3.10. The van der Waals surface area contributed by atoms with Crippen molar-refractivity contribution >= 4 is 17.2 Å². The number of ether oxygens (including phenoxy) is 1. The molecule has 1 aliphatic heterocycles. The number of hydrogen-bond donors (Lipinski definition) is 3. The van der Waals surface area contributed by atoms with Gasteiger partial charge in [-0.05, 0) is 31.0 Å². The van der Waals surface area contributed by atoms with Crippen LogP contribution in [0.3, 0.4) is 0 Å². The van der Waals surface area contributed by atoms with E-state index in [4.69, 9.17) is 4.74 Å². The van der Waals surface area contributed by atoms with Crippen LogP contribution in [0.25, 0.3) is 0 Å². The minimum absolute atomic E-state index is 0.103. The lowest BCUT2D eigenvalue weighted by molar-refractivity contribution is -0.137. The van der Waals surface area contributed by atoms with Crippen LogP contribution in [0.15, 0.2) is 36.5 Å². The normalized spacial score (nSPS) is 16.7. The minimum Gasteiger partial charge on any atom is -0.497 e. The van der Waals surface area contributed by atoms with Crippen LogP contribution >= 0.6 is 0 Å². The number of piperidine rings is 1. The van der Waals surface area contributed by atoms with Gasteiger partial charge < -0.3 is 25.2 Å². The summed E-state index contributed by atoms with van der Waals surface area (Å²) in [6, 6.07) is 6.84. The molecule has 2 aromatic rings. The van der Waals surface area contributed by atoms with Crippen molar-refractivity contribution < 1.29 is 28.1 Å². The monoisotopic (exact) mass is 397 g/mol. The van der Waals surface area contributed by atoms with Crippen molar-refractivity contribution in [3.63, 3.8) is 0 Å². The molecule has 0 saturated carbocycles. The van der Waals surface area contributed by atoms with Crippen LogP contribution in [-0.4, -0.2) is 47.6 Å². The zero-order valence-electron chi connectivity index (χ0n) is 15.3. The third-order valence-corrected chi connectivity index (χ3v) is 4.82. The number of halogens is 3. The van der Waals surface area contributed by atoms with Crippen molar-refractivity contribution in [2.75, 3.05) is 37.0 Å². The average molecular weight is 397 g/mol. The van der Waals surface area contributed by atoms with Gasteiger partial charge in [0.05, 0.1) is 24.9 Å². The number of methoxy groups -OCH3 is 1. The lowest BCUT2D eigenvalue weighted by Gasteiger charge is -2.37. The molecule has 6 nitrogen and oxygen atoms in total. The molecule has 9 heteroatoms. The van der Waals surface area contributed by atoms with Gasteiger partial charge in [-0.2, -0.15) is 13.2 Å². The highest BCUT2D eigenvalue weighted by atomic mass is 19.4. The zero-order valence-corrected chi connectivity index (χ0v) is 15.3. The van der Waals surface area contributed by atoms with Crippen molar-refractivity contribution in [3.05, 3.63) is 42.1 Å². The van der Waals surface area contributed by atoms with E-state index in [2.05, 4.69) is 10.3 Å². The Hall–Kier alpha value is -2.52. The zero-order chi connectivity index (χ0) is 20.4. The summed E-state index contributed by atoms with van der Waals surface area (Å²) in [4.78, 5) is 6.27. The molecule has 1 aromatic heterocycles. The number of alkyl halides is 3. The quantitative estimate of drug-likeness (QED) is 0.720. The summed E-state index contributed by atoms with van der Waals surface area (Å²) in [5, 5.41) is 22.3. The molecule has 0 radical (unpaired) electrons. The van der Waals surface area contributed by atoms with E-state index in [1.807, 2.05) is 4.90 Å². The number of nitrogens with one attached hydrogen (secondary N) is 1. The summed E-state index contributed by atoms with van der Waals surface area (Å²) in [5.41, 5.74) is -1.05. The number of aliphatic hydroxyl groups is 2. The predicted octanol–water partition coefficient (Wildman–Crippen LogP) is 3.18. The molecule has 0 spiro atoms. The number of benzene rings is 1. The van der Waals surface area contributed by atoms with E-state index >= 15 is 0 Å². The van der Waals surface area contributed by atoms with E-state index in [1.54, 1.807) is 18.3 Å². The largest absolute Gasteiger partial charge is 0.497 e. The Morgan fingerprint density at radius 1 is 1.18 bits per heavy atom. The highest BCUT2D eigenvalue weighted by Gasteiger charge is 2.32. The maximum absolute atomic E-state index is 13.1. The predicted molar refractivity (Wildman–Crippen MR) is 99.0 cm³/mol. The van der Waals surface area contributed by atoms with Crippen molar-refractivity contribution in [3.8, 4) is 5.75 Å². The van der Waals surface area contributed by atoms with Crippen LogP contribution in [0, 0.1) is 0 Å². The first-order valence-electron chi connectivity index (χ1n) is 8.80. The molecule has 152 valence electrons. The molecule has 0 amide bonds. The summed E-state index contributed by atoms with van der Waals surface area (Å²) in [6.45, 7) is 0.753. The second-order valence-electron chi connectivity index (χ2n) is 6.85. The van der Waals surface area contributed by atoms with Crippen molar-refractivity contribution in [2.24, 2.45) is 0 Å². The Balaban J connectivity index is 1.78. The van der Waals surface area contributed by atoms with Crippen molar-refractivity contribution in [1.29, 1.82) is 0 Å². The third-order valence-electron chi connectivity index (χ3n) is 4.82. The summed E-state index contributed by atoms with van der Waals surface area (Å²) in [6.07, 6.45) is -2.09. The number of hydrogen-bond acceptors (Lipinski definition) is 6. The summed E-state index contributed by atoms with van der Waals surface area (Å²) in [7, 11) is 1.31. The second kappa shape index (κ2) is 7.84. The number of rotatable bonds is 5. The summed E-state index contributed by atoms with van der Waals surface area (Å²) < 4.78 is 44.2. The van der Waals surface area contributed by atoms with E-state index in [0.29, 0.717) is 37.4 Å². The summed E-state index contributed by atoms with van der Waals surface area (Å²) in [5.74, 6) is 0.745. The molecular weight excluding hydrogens is 375 g/mol. The van der Waals surface area contributed by atoms with E-state index < -0.39 is 17.3 Å². The lowest BCUT2D eigenvalue weighted by atomic mass is 9.92. The van der Waals surface area contributed by atoms with Gasteiger partial charge in [-0.15, -0.1) is 0 Å². The lowest BCUT2D eigenvalue weighted by Crippen LogP contribution is -2.46. The first-order valence-corrected chi connectivity index (χ1v) is 8.80. The van der Waals surface area contributed by atoms with Gasteiger partial charge in [0, 0.05) is 42.8 Å². The van der Waals surface area contributed by atoms with E-state index in [-0.39, 0.29) is 18.0 Å². The number of nitrogens with zero attached hydrogens (tertiary/aromatic N) is 2. The molecule has 0 aliphatic carbocycles. The van der Waals surface area contributed by atoms with Crippen LogP contribution in [0.1, 0.15) is 18.4 Å².